The number of nitrogens with one attached hydrogen (secondary N) is 2. The first-order valence-corrected chi connectivity index (χ1v) is 11.9. The number of hydrogen-bond acceptors (Lipinski definition) is 5. The van der Waals surface area contributed by atoms with E-state index in [0.29, 0.717) is 18.3 Å². The number of rotatable bonds is 9. The van der Waals surface area contributed by atoms with Gasteiger partial charge in [0.25, 0.3) is 0 Å². The van der Waals surface area contributed by atoms with Gasteiger partial charge >= 0.3 is 0 Å². The van der Waals surface area contributed by atoms with Crippen molar-refractivity contribution in [3.05, 3.63) is 23.8 Å². The second kappa shape index (κ2) is 11.6. The Hall–Kier alpha value is -1.80. The molecule has 0 saturated carbocycles. The van der Waals surface area contributed by atoms with Gasteiger partial charge in [-0.25, -0.2) is 0 Å². The fraction of sp³-hybridized carbons (Fsp3) is 0.682. The Morgan fingerprint density at radius 3 is 2.47 bits per heavy atom. The second-order valence-corrected chi connectivity index (χ2v) is 10.8. The second-order valence-electron chi connectivity index (χ2n) is 8.51. The first kappa shape index (κ1) is 24.5. The summed E-state index contributed by atoms with van der Waals surface area (Å²) in [5, 5.41) is 6.84. The van der Waals surface area contributed by atoms with Crippen LogP contribution in [0.15, 0.2) is 23.2 Å². The Morgan fingerprint density at radius 2 is 1.90 bits per heavy atom. The summed E-state index contributed by atoms with van der Waals surface area (Å²) in [7, 11) is 2.46. The zero-order valence-electron chi connectivity index (χ0n) is 19.3. The number of likely N-dealkylation sites (tertiary alicyclic amines) is 1. The highest BCUT2D eigenvalue weighted by Gasteiger charge is 2.24. The van der Waals surface area contributed by atoms with E-state index < -0.39 is 10.8 Å². The average molecular weight is 439 g/mol. The van der Waals surface area contributed by atoms with Gasteiger partial charge < -0.3 is 20.1 Å². The largest absolute Gasteiger partial charge is 0.497 e. The Balaban J connectivity index is 1.90. The van der Waals surface area contributed by atoms with Crippen LogP contribution in [0.3, 0.4) is 0 Å². The van der Waals surface area contributed by atoms with Crippen molar-refractivity contribution in [3.8, 4) is 11.5 Å². The van der Waals surface area contributed by atoms with E-state index in [-0.39, 0.29) is 4.75 Å². The van der Waals surface area contributed by atoms with E-state index in [2.05, 4.69) is 39.6 Å². The molecule has 1 heterocycles. The molecule has 2 unspecified atom stereocenters. The zero-order chi connectivity index (χ0) is 22.1. The molecule has 1 aliphatic rings. The minimum absolute atomic E-state index is 0.198. The summed E-state index contributed by atoms with van der Waals surface area (Å²) in [5.74, 6) is 3.01. The minimum atomic E-state index is -0.887. The van der Waals surface area contributed by atoms with Crippen LogP contribution in [-0.2, 0) is 17.3 Å². The predicted octanol–water partition coefficient (Wildman–Crippen LogP) is 2.38. The molecule has 0 aliphatic carbocycles. The van der Waals surface area contributed by atoms with E-state index in [1.807, 2.05) is 26.8 Å². The molecule has 8 heteroatoms. The Labute approximate surface area is 184 Å². The summed E-state index contributed by atoms with van der Waals surface area (Å²) < 4.78 is 22.8. The molecule has 0 bridgehead atoms. The van der Waals surface area contributed by atoms with Gasteiger partial charge in [0, 0.05) is 59.6 Å². The van der Waals surface area contributed by atoms with Crippen LogP contribution in [0, 0.1) is 0 Å². The van der Waals surface area contributed by atoms with Crippen LogP contribution < -0.4 is 20.1 Å². The quantitative estimate of drug-likeness (QED) is 0.455. The summed E-state index contributed by atoms with van der Waals surface area (Å²) in [5.41, 5.74) is 1.18. The molecular formula is C22H38N4O3S. The van der Waals surface area contributed by atoms with Crippen molar-refractivity contribution in [2.24, 2.45) is 4.99 Å². The maximum atomic E-state index is 12.2. The van der Waals surface area contributed by atoms with Gasteiger partial charge in [-0.2, -0.15) is 0 Å². The monoisotopic (exact) mass is 438 g/mol. The number of nitrogens with zero attached hydrogens (tertiary/aromatic N) is 2. The van der Waals surface area contributed by atoms with Gasteiger partial charge in [0.1, 0.15) is 11.5 Å². The van der Waals surface area contributed by atoms with E-state index in [0.717, 1.165) is 50.1 Å². The first-order valence-electron chi connectivity index (χ1n) is 10.6. The molecule has 2 atom stereocenters. The SMILES string of the molecule is CCNC(=NCCS(=O)C(C)(C)C)NC1CCN(Cc2cc(OC)cc(OC)c2)C1. The zero-order valence-corrected chi connectivity index (χ0v) is 20.1. The third-order valence-electron chi connectivity index (χ3n) is 5.00. The Morgan fingerprint density at radius 1 is 1.23 bits per heavy atom. The molecule has 7 nitrogen and oxygen atoms in total. The highest BCUT2D eigenvalue weighted by molar-refractivity contribution is 7.86. The molecule has 0 amide bonds. The first-order chi connectivity index (χ1) is 14.2. The van der Waals surface area contributed by atoms with Gasteiger partial charge in [0.05, 0.1) is 20.8 Å². The summed E-state index contributed by atoms with van der Waals surface area (Å²) in [6, 6.07) is 6.35. The lowest BCUT2D eigenvalue weighted by Crippen LogP contribution is -2.44. The Kier molecular flexibility index (Phi) is 9.42. The van der Waals surface area contributed by atoms with Crippen LogP contribution >= 0.6 is 0 Å². The maximum absolute atomic E-state index is 12.2. The lowest BCUT2D eigenvalue weighted by atomic mass is 10.2. The van der Waals surface area contributed by atoms with Crippen molar-refractivity contribution < 1.29 is 13.7 Å². The molecule has 170 valence electrons. The minimum Gasteiger partial charge on any atom is -0.497 e. The van der Waals surface area contributed by atoms with Crippen molar-refractivity contribution in [1.82, 2.24) is 15.5 Å². The van der Waals surface area contributed by atoms with Crippen molar-refractivity contribution in [2.75, 3.05) is 46.2 Å². The highest BCUT2D eigenvalue weighted by Crippen LogP contribution is 2.24. The number of benzene rings is 1. The van der Waals surface area contributed by atoms with Crippen LogP contribution in [0.25, 0.3) is 0 Å². The predicted molar refractivity (Wildman–Crippen MR) is 125 cm³/mol. The van der Waals surface area contributed by atoms with Gasteiger partial charge in [0.2, 0.25) is 0 Å². The topological polar surface area (TPSA) is 75.2 Å². The average Bonchev–Trinajstić information content (AvgIpc) is 3.13. The molecule has 0 spiro atoms. The van der Waals surface area contributed by atoms with E-state index in [4.69, 9.17) is 9.47 Å². The van der Waals surface area contributed by atoms with Crippen LogP contribution in [0.5, 0.6) is 11.5 Å². The summed E-state index contributed by atoms with van der Waals surface area (Å²) >= 11 is 0. The highest BCUT2D eigenvalue weighted by atomic mass is 32.2. The van der Waals surface area contributed by atoms with Crippen molar-refractivity contribution >= 4 is 16.8 Å². The van der Waals surface area contributed by atoms with Crippen molar-refractivity contribution in [1.29, 1.82) is 0 Å². The summed E-state index contributed by atoms with van der Waals surface area (Å²) in [4.78, 5) is 7.06. The van der Waals surface area contributed by atoms with Gasteiger partial charge in [-0.05, 0) is 51.8 Å². The molecule has 1 aliphatic heterocycles. The molecular weight excluding hydrogens is 400 g/mol. The van der Waals surface area contributed by atoms with E-state index in [9.17, 15) is 4.21 Å². The fourth-order valence-corrected chi connectivity index (χ4v) is 4.24. The molecule has 2 N–H and O–H groups in total. The number of hydrogen-bond donors (Lipinski definition) is 2. The molecule has 1 fully saturated rings. The maximum Gasteiger partial charge on any atom is 0.191 e. The van der Waals surface area contributed by atoms with Crippen LogP contribution in [0.2, 0.25) is 0 Å². The molecule has 1 aromatic carbocycles. The van der Waals surface area contributed by atoms with Crippen LogP contribution in [-0.4, -0.2) is 72.0 Å². The number of ether oxygens (including phenoxy) is 2. The van der Waals surface area contributed by atoms with Gasteiger partial charge in [-0.1, -0.05) is 0 Å². The Bertz CT molecular complexity index is 711. The van der Waals surface area contributed by atoms with Crippen molar-refractivity contribution in [3.63, 3.8) is 0 Å². The van der Waals surface area contributed by atoms with E-state index in [1.165, 1.54) is 5.56 Å². The lowest BCUT2D eigenvalue weighted by molar-refractivity contribution is 0.321. The number of aliphatic imine (C=N–C) groups is 1. The van der Waals surface area contributed by atoms with Gasteiger partial charge in [-0.3, -0.25) is 14.1 Å². The smallest absolute Gasteiger partial charge is 0.191 e. The van der Waals surface area contributed by atoms with Gasteiger partial charge in [0.15, 0.2) is 5.96 Å². The standard InChI is InChI=1S/C22H38N4O3S/c1-7-23-21(24-9-11-30(27)22(2,3)4)25-18-8-10-26(16-18)15-17-12-19(28-5)14-20(13-17)29-6/h12-14,18H,7-11,15-16H2,1-6H3,(H2,23,24,25). The summed E-state index contributed by atoms with van der Waals surface area (Å²) in [6.45, 7) is 12.2. The third-order valence-corrected chi connectivity index (χ3v) is 6.92. The van der Waals surface area contributed by atoms with Crippen LogP contribution in [0.4, 0.5) is 0 Å². The summed E-state index contributed by atoms with van der Waals surface area (Å²) in [6.07, 6.45) is 1.05. The molecule has 0 aromatic heterocycles. The molecule has 30 heavy (non-hydrogen) atoms. The molecule has 1 aromatic rings. The third kappa shape index (κ3) is 7.80. The van der Waals surface area contributed by atoms with E-state index in [1.54, 1.807) is 14.2 Å². The lowest BCUT2D eigenvalue weighted by Gasteiger charge is -2.20. The number of methoxy groups -OCH3 is 2. The molecule has 2 rings (SSSR count). The fourth-order valence-electron chi connectivity index (χ4n) is 3.37. The number of guanidine groups is 1. The van der Waals surface area contributed by atoms with Crippen molar-refractivity contribution in [2.45, 2.75) is 51.4 Å². The normalized spacial score (nSPS) is 18.9. The van der Waals surface area contributed by atoms with Gasteiger partial charge in [-0.15, -0.1) is 0 Å². The van der Waals surface area contributed by atoms with Crippen LogP contribution in [0.1, 0.15) is 39.7 Å². The molecule has 1 saturated heterocycles. The molecule has 0 radical (unpaired) electrons. The van der Waals surface area contributed by atoms with E-state index >= 15 is 0 Å².